The lowest BCUT2D eigenvalue weighted by molar-refractivity contribution is -0.138. The van der Waals surface area contributed by atoms with Gasteiger partial charge in [-0.15, -0.1) is 0 Å². The molecule has 0 radical (unpaired) electrons. The van der Waals surface area contributed by atoms with Crippen molar-refractivity contribution in [3.63, 3.8) is 0 Å². The highest BCUT2D eigenvalue weighted by Gasteiger charge is 2.48. The number of anilines is 1. The first-order valence-corrected chi connectivity index (χ1v) is 4.98. The molecule has 1 saturated heterocycles. The Bertz CT molecular complexity index is 445. The SMILES string of the molecule is O=C1Cc2cnc(Cl)nc2NC12COC2. The zero-order valence-corrected chi connectivity index (χ0v) is 8.54. The van der Waals surface area contributed by atoms with Gasteiger partial charge in [-0.2, -0.15) is 0 Å². The zero-order chi connectivity index (χ0) is 10.5. The quantitative estimate of drug-likeness (QED) is 0.649. The van der Waals surface area contributed by atoms with E-state index in [1.807, 2.05) is 0 Å². The van der Waals surface area contributed by atoms with Crippen LogP contribution >= 0.6 is 11.6 Å². The number of halogens is 1. The minimum atomic E-state index is -0.565. The molecule has 0 aromatic carbocycles. The van der Waals surface area contributed by atoms with Gasteiger partial charge in [0.2, 0.25) is 5.28 Å². The number of aromatic nitrogens is 2. The molecule has 2 aliphatic rings. The number of ketones is 1. The van der Waals surface area contributed by atoms with Gasteiger partial charge >= 0.3 is 0 Å². The Kier molecular flexibility index (Phi) is 1.75. The van der Waals surface area contributed by atoms with Crippen LogP contribution in [0.3, 0.4) is 0 Å². The molecule has 1 aromatic rings. The molecule has 1 N–H and O–H groups in total. The van der Waals surface area contributed by atoms with Crippen molar-refractivity contribution in [1.82, 2.24) is 9.97 Å². The molecular formula is C9H8ClN3O2. The summed E-state index contributed by atoms with van der Waals surface area (Å²) < 4.78 is 5.07. The largest absolute Gasteiger partial charge is 0.375 e. The first-order valence-electron chi connectivity index (χ1n) is 4.60. The molecule has 5 nitrogen and oxygen atoms in total. The molecular weight excluding hydrogens is 218 g/mol. The summed E-state index contributed by atoms with van der Waals surface area (Å²) in [7, 11) is 0. The number of ether oxygens (including phenoxy) is 1. The number of fused-ring (bicyclic) bond motifs is 1. The molecule has 1 spiro atoms. The van der Waals surface area contributed by atoms with Crippen molar-refractivity contribution in [3.8, 4) is 0 Å². The number of hydrogen-bond acceptors (Lipinski definition) is 5. The van der Waals surface area contributed by atoms with Gasteiger partial charge in [0.05, 0.1) is 13.2 Å². The van der Waals surface area contributed by atoms with Crippen molar-refractivity contribution in [3.05, 3.63) is 17.0 Å². The third kappa shape index (κ3) is 1.23. The van der Waals surface area contributed by atoms with Crippen LogP contribution in [0.5, 0.6) is 0 Å². The van der Waals surface area contributed by atoms with E-state index in [9.17, 15) is 4.79 Å². The van der Waals surface area contributed by atoms with E-state index in [0.29, 0.717) is 25.5 Å². The van der Waals surface area contributed by atoms with Crippen LogP contribution in [0.25, 0.3) is 0 Å². The molecule has 3 heterocycles. The molecule has 1 aromatic heterocycles. The van der Waals surface area contributed by atoms with E-state index in [-0.39, 0.29) is 11.1 Å². The number of carbonyl (C=O) groups excluding carboxylic acids is 1. The summed E-state index contributed by atoms with van der Waals surface area (Å²) in [4.78, 5) is 19.7. The lowest BCUT2D eigenvalue weighted by Crippen LogP contribution is -2.63. The van der Waals surface area contributed by atoms with Crippen molar-refractivity contribution in [2.75, 3.05) is 18.5 Å². The molecule has 0 saturated carbocycles. The van der Waals surface area contributed by atoms with Gasteiger partial charge in [0, 0.05) is 18.2 Å². The fourth-order valence-corrected chi connectivity index (χ4v) is 1.93. The zero-order valence-electron chi connectivity index (χ0n) is 7.79. The summed E-state index contributed by atoms with van der Waals surface area (Å²) in [5, 5.41) is 3.28. The molecule has 15 heavy (non-hydrogen) atoms. The van der Waals surface area contributed by atoms with Crippen molar-refractivity contribution >= 4 is 23.2 Å². The van der Waals surface area contributed by atoms with E-state index in [1.54, 1.807) is 6.20 Å². The summed E-state index contributed by atoms with van der Waals surface area (Å²) >= 11 is 5.69. The second kappa shape index (κ2) is 2.90. The lowest BCUT2D eigenvalue weighted by Gasteiger charge is -2.43. The second-order valence-corrected chi connectivity index (χ2v) is 4.15. The minimum absolute atomic E-state index is 0.132. The van der Waals surface area contributed by atoms with E-state index < -0.39 is 5.54 Å². The molecule has 6 heteroatoms. The third-order valence-corrected chi connectivity index (χ3v) is 2.96. The molecule has 0 unspecified atom stereocenters. The molecule has 0 atom stereocenters. The Labute approximate surface area is 90.8 Å². The Hall–Kier alpha value is -1.20. The summed E-state index contributed by atoms with van der Waals surface area (Å²) in [5.41, 5.74) is 0.229. The Morgan fingerprint density at radius 1 is 1.53 bits per heavy atom. The van der Waals surface area contributed by atoms with Crippen molar-refractivity contribution < 1.29 is 9.53 Å². The summed E-state index contributed by atoms with van der Waals surface area (Å²) in [5.74, 6) is 0.782. The summed E-state index contributed by atoms with van der Waals surface area (Å²) in [6.07, 6.45) is 1.94. The van der Waals surface area contributed by atoms with Gasteiger partial charge in [0.15, 0.2) is 5.78 Å². The van der Waals surface area contributed by atoms with Gasteiger partial charge < -0.3 is 10.1 Å². The first kappa shape index (κ1) is 9.06. The number of rotatable bonds is 0. The second-order valence-electron chi connectivity index (χ2n) is 3.81. The van der Waals surface area contributed by atoms with E-state index in [4.69, 9.17) is 16.3 Å². The van der Waals surface area contributed by atoms with Gasteiger partial charge in [0.25, 0.3) is 0 Å². The average molecular weight is 226 g/mol. The maximum atomic E-state index is 11.8. The predicted molar refractivity (Wildman–Crippen MR) is 52.9 cm³/mol. The van der Waals surface area contributed by atoms with Gasteiger partial charge in [0.1, 0.15) is 11.4 Å². The van der Waals surface area contributed by atoms with Crippen molar-refractivity contribution in [2.24, 2.45) is 0 Å². The molecule has 0 bridgehead atoms. The van der Waals surface area contributed by atoms with Crippen LogP contribution in [-0.2, 0) is 16.0 Å². The first-order chi connectivity index (χ1) is 7.20. The Morgan fingerprint density at radius 3 is 3.00 bits per heavy atom. The normalized spacial score (nSPS) is 21.8. The average Bonchev–Trinajstić information content (AvgIpc) is 2.15. The number of nitrogens with one attached hydrogen (secondary N) is 1. The van der Waals surface area contributed by atoms with Crippen LogP contribution in [0.15, 0.2) is 6.20 Å². The number of hydrogen-bond donors (Lipinski definition) is 1. The van der Waals surface area contributed by atoms with Crippen LogP contribution in [0, 0.1) is 0 Å². The van der Waals surface area contributed by atoms with Crippen LogP contribution in [0.4, 0.5) is 5.82 Å². The minimum Gasteiger partial charge on any atom is -0.375 e. The highest BCUT2D eigenvalue weighted by molar-refractivity contribution is 6.28. The highest BCUT2D eigenvalue weighted by Crippen LogP contribution is 2.31. The molecule has 2 aliphatic heterocycles. The van der Waals surface area contributed by atoms with Crippen LogP contribution in [-0.4, -0.2) is 34.5 Å². The van der Waals surface area contributed by atoms with Gasteiger partial charge in [-0.25, -0.2) is 9.97 Å². The third-order valence-electron chi connectivity index (χ3n) is 2.77. The topological polar surface area (TPSA) is 64.1 Å². The Morgan fingerprint density at radius 2 is 2.33 bits per heavy atom. The van der Waals surface area contributed by atoms with Crippen molar-refractivity contribution in [2.45, 2.75) is 12.0 Å². The molecule has 3 rings (SSSR count). The van der Waals surface area contributed by atoms with Crippen LogP contribution < -0.4 is 5.32 Å². The van der Waals surface area contributed by atoms with E-state index >= 15 is 0 Å². The lowest BCUT2D eigenvalue weighted by atomic mass is 9.85. The Balaban J connectivity index is 2.03. The summed E-state index contributed by atoms with van der Waals surface area (Å²) in [6, 6.07) is 0. The maximum absolute atomic E-state index is 11.8. The predicted octanol–water partition coefficient (Wildman–Crippen LogP) is 0.436. The highest BCUT2D eigenvalue weighted by atomic mass is 35.5. The fraction of sp³-hybridized carbons (Fsp3) is 0.444. The van der Waals surface area contributed by atoms with E-state index in [0.717, 1.165) is 5.56 Å². The van der Waals surface area contributed by atoms with Crippen LogP contribution in [0.2, 0.25) is 5.28 Å². The van der Waals surface area contributed by atoms with Gasteiger partial charge in [-0.05, 0) is 11.6 Å². The van der Waals surface area contributed by atoms with Crippen molar-refractivity contribution in [1.29, 1.82) is 0 Å². The number of Topliss-reactive ketones (excluding diaryl/α,β-unsaturated/α-hetero) is 1. The van der Waals surface area contributed by atoms with Gasteiger partial charge in [-0.3, -0.25) is 4.79 Å². The van der Waals surface area contributed by atoms with Gasteiger partial charge in [-0.1, -0.05) is 0 Å². The fourth-order valence-electron chi connectivity index (χ4n) is 1.80. The maximum Gasteiger partial charge on any atom is 0.224 e. The van der Waals surface area contributed by atoms with Crippen LogP contribution in [0.1, 0.15) is 5.56 Å². The molecule has 0 amide bonds. The summed E-state index contributed by atoms with van der Waals surface area (Å²) in [6.45, 7) is 0.819. The molecule has 0 aliphatic carbocycles. The monoisotopic (exact) mass is 225 g/mol. The molecule has 1 fully saturated rings. The molecule has 78 valence electrons. The standard InChI is InChI=1S/C9H8ClN3O2/c10-8-11-2-5-1-6(14)9(3-15-4-9)13-7(5)12-8/h2H,1,3-4H2,(H,11,12,13). The number of carbonyl (C=O) groups is 1. The smallest absolute Gasteiger partial charge is 0.224 e. The van der Waals surface area contributed by atoms with E-state index in [1.165, 1.54) is 0 Å². The van der Waals surface area contributed by atoms with E-state index in [2.05, 4.69) is 15.3 Å². The number of nitrogens with zero attached hydrogens (tertiary/aromatic N) is 2.